The number of fused-ring (bicyclic) bond motifs is 1. The fourth-order valence-electron chi connectivity index (χ4n) is 4.59. The minimum atomic E-state index is -0.460. The Morgan fingerprint density at radius 1 is 0.727 bits per heavy atom. The molecule has 1 unspecified atom stereocenters. The maximum absolute atomic E-state index is 13.5. The minimum Gasteiger partial charge on any atom is -0.325 e. The van der Waals surface area contributed by atoms with Crippen LogP contribution in [0.15, 0.2) is 132 Å². The maximum atomic E-state index is 13.5. The van der Waals surface area contributed by atoms with Crippen LogP contribution in [0, 0.1) is 6.92 Å². The number of rotatable bonds is 10. The summed E-state index contributed by atoms with van der Waals surface area (Å²) in [7, 11) is 0. The monoisotopic (exact) mass is 599 g/mol. The van der Waals surface area contributed by atoms with E-state index in [1.165, 1.54) is 11.8 Å². The highest BCUT2D eigenvalue weighted by molar-refractivity contribution is 8.00. The molecule has 5 aromatic carbocycles. The van der Waals surface area contributed by atoms with Gasteiger partial charge in [0, 0.05) is 21.8 Å². The van der Waals surface area contributed by atoms with Crippen LogP contribution in [0.5, 0.6) is 0 Å². The number of aryl methyl sites for hydroxylation is 1. The van der Waals surface area contributed by atoms with Crippen molar-refractivity contribution in [2.45, 2.75) is 30.4 Å². The Hall–Kier alpha value is -5.14. The summed E-state index contributed by atoms with van der Waals surface area (Å²) < 4.78 is 0. The van der Waals surface area contributed by atoms with Gasteiger partial charge in [0.2, 0.25) is 5.91 Å². The highest BCUT2D eigenvalue weighted by Crippen LogP contribution is 2.29. The Kier molecular flexibility index (Phi) is 9.89. The summed E-state index contributed by atoms with van der Waals surface area (Å²) >= 11 is 1.43. The molecule has 44 heavy (non-hydrogen) atoms. The minimum absolute atomic E-state index is 0.0887. The van der Waals surface area contributed by atoms with E-state index in [4.69, 9.17) is 0 Å². The molecule has 0 heterocycles. The third-order valence-corrected chi connectivity index (χ3v) is 8.33. The molecular weight excluding hydrogens is 566 g/mol. The summed E-state index contributed by atoms with van der Waals surface area (Å²) in [5, 5.41) is 10.6. The standard InChI is InChI=1S/C37H33N3O3S/c1-3-34(37(43)39-31-21-20-27-10-7-8-13-29(27)23-31)44-32-15-9-14-30(24-32)38-36(42)33(22-26-18-16-25(2)17-19-26)40-35(41)28-11-5-4-6-12-28/h4-24,34H,3H2,1-2H3,(H,38,42)(H,39,43)(H,40,41)/b33-22-. The molecule has 0 aliphatic heterocycles. The molecule has 7 heteroatoms. The summed E-state index contributed by atoms with van der Waals surface area (Å²) in [5.74, 6) is -0.932. The van der Waals surface area contributed by atoms with E-state index in [2.05, 4.69) is 16.0 Å². The van der Waals surface area contributed by atoms with Crippen molar-refractivity contribution in [1.82, 2.24) is 5.32 Å². The van der Waals surface area contributed by atoms with Gasteiger partial charge in [-0.3, -0.25) is 14.4 Å². The lowest BCUT2D eigenvalue weighted by Gasteiger charge is -2.16. The van der Waals surface area contributed by atoms with Gasteiger partial charge in [0.25, 0.3) is 11.8 Å². The predicted octanol–water partition coefficient (Wildman–Crippen LogP) is 8.07. The van der Waals surface area contributed by atoms with Crippen LogP contribution in [0.3, 0.4) is 0 Å². The van der Waals surface area contributed by atoms with Crippen molar-refractivity contribution in [3.05, 3.63) is 144 Å². The lowest BCUT2D eigenvalue weighted by atomic mass is 10.1. The molecule has 0 aromatic heterocycles. The topological polar surface area (TPSA) is 87.3 Å². The highest BCUT2D eigenvalue weighted by Gasteiger charge is 2.19. The van der Waals surface area contributed by atoms with E-state index in [1.807, 2.05) is 105 Å². The van der Waals surface area contributed by atoms with Gasteiger partial charge < -0.3 is 16.0 Å². The molecule has 0 fully saturated rings. The van der Waals surface area contributed by atoms with Gasteiger partial charge >= 0.3 is 0 Å². The lowest BCUT2D eigenvalue weighted by Crippen LogP contribution is -2.30. The molecule has 3 N–H and O–H groups in total. The molecule has 1 atom stereocenters. The van der Waals surface area contributed by atoms with Crippen LogP contribution >= 0.6 is 11.8 Å². The zero-order valence-electron chi connectivity index (χ0n) is 24.5. The zero-order chi connectivity index (χ0) is 30.9. The number of amides is 3. The smallest absolute Gasteiger partial charge is 0.272 e. The zero-order valence-corrected chi connectivity index (χ0v) is 25.4. The molecule has 0 saturated heterocycles. The SMILES string of the molecule is CCC(Sc1cccc(NC(=O)/C(=C/c2ccc(C)cc2)NC(=O)c2ccccc2)c1)C(=O)Nc1ccc2ccccc2c1. The van der Waals surface area contributed by atoms with Crippen LogP contribution < -0.4 is 16.0 Å². The first-order valence-electron chi connectivity index (χ1n) is 14.4. The van der Waals surface area contributed by atoms with Crippen molar-refractivity contribution >= 4 is 57.7 Å². The molecule has 0 radical (unpaired) electrons. The Morgan fingerprint density at radius 3 is 2.18 bits per heavy atom. The fraction of sp³-hybridized carbons (Fsp3) is 0.108. The molecule has 0 aliphatic rings. The van der Waals surface area contributed by atoms with E-state index in [0.29, 0.717) is 17.7 Å². The van der Waals surface area contributed by atoms with Crippen LogP contribution in [0.1, 0.15) is 34.8 Å². The second-order valence-corrected chi connectivity index (χ2v) is 11.6. The predicted molar refractivity (Wildman–Crippen MR) is 181 cm³/mol. The molecule has 0 saturated carbocycles. The fourth-order valence-corrected chi connectivity index (χ4v) is 5.61. The number of anilines is 2. The van der Waals surface area contributed by atoms with E-state index in [9.17, 15) is 14.4 Å². The van der Waals surface area contributed by atoms with Gasteiger partial charge in [-0.2, -0.15) is 0 Å². The molecule has 6 nitrogen and oxygen atoms in total. The highest BCUT2D eigenvalue weighted by atomic mass is 32.2. The first-order valence-corrected chi connectivity index (χ1v) is 15.3. The van der Waals surface area contributed by atoms with Crippen molar-refractivity contribution in [1.29, 1.82) is 0 Å². The second-order valence-electron chi connectivity index (χ2n) is 10.3. The van der Waals surface area contributed by atoms with Gasteiger partial charge in [-0.1, -0.05) is 91.3 Å². The number of carbonyl (C=O) groups is 3. The second kappa shape index (κ2) is 14.4. The van der Waals surface area contributed by atoms with Crippen molar-refractivity contribution in [2.24, 2.45) is 0 Å². The average molecular weight is 600 g/mol. The van der Waals surface area contributed by atoms with E-state index in [-0.39, 0.29) is 22.8 Å². The van der Waals surface area contributed by atoms with E-state index < -0.39 is 5.91 Å². The van der Waals surface area contributed by atoms with Crippen LogP contribution in [0.2, 0.25) is 0 Å². The van der Waals surface area contributed by atoms with Gasteiger partial charge in [0.1, 0.15) is 5.70 Å². The molecule has 0 bridgehead atoms. The van der Waals surface area contributed by atoms with Gasteiger partial charge in [-0.05, 0) is 78.2 Å². The molecule has 220 valence electrons. The van der Waals surface area contributed by atoms with Gasteiger partial charge in [0.05, 0.1) is 5.25 Å². The van der Waals surface area contributed by atoms with E-state index in [1.54, 1.807) is 36.4 Å². The first-order chi connectivity index (χ1) is 21.4. The van der Waals surface area contributed by atoms with Crippen LogP contribution in [-0.4, -0.2) is 23.0 Å². The van der Waals surface area contributed by atoms with Crippen molar-refractivity contribution in [3.8, 4) is 0 Å². The van der Waals surface area contributed by atoms with Gasteiger partial charge in [-0.15, -0.1) is 11.8 Å². The average Bonchev–Trinajstić information content (AvgIpc) is 3.04. The summed E-state index contributed by atoms with van der Waals surface area (Å²) in [6.45, 7) is 3.96. The Morgan fingerprint density at radius 2 is 1.43 bits per heavy atom. The van der Waals surface area contributed by atoms with Crippen molar-refractivity contribution < 1.29 is 14.4 Å². The van der Waals surface area contributed by atoms with Crippen LogP contribution in [-0.2, 0) is 9.59 Å². The largest absolute Gasteiger partial charge is 0.325 e. The number of hydrogen-bond acceptors (Lipinski definition) is 4. The van der Waals surface area contributed by atoms with Crippen molar-refractivity contribution in [3.63, 3.8) is 0 Å². The van der Waals surface area contributed by atoms with E-state index >= 15 is 0 Å². The van der Waals surface area contributed by atoms with Crippen LogP contribution in [0.25, 0.3) is 16.8 Å². The quantitative estimate of drug-likeness (QED) is 0.112. The first kappa shape index (κ1) is 30.3. The third-order valence-electron chi connectivity index (χ3n) is 6.97. The molecule has 3 amide bonds. The molecule has 5 rings (SSSR count). The maximum Gasteiger partial charge on any atom is 0.272 e. The Bertz CT molecular complexity index is 1820. The lowest BCUT2D eigenvalue weighted by molar-refractivity contribution is -0.116. The summed E-state index contributed by atoms with van der Waals surface area (Å²) in [6.07, 6.45) is 2.27. The number of thioether (sulfide) groups is 1. The molecule has 0 spiro atoms. The molecule has 5 aromatic rings. The Balaban J connectivity index is 1.29. The van der Waals surface area contributed by atoms with Gasteiger partial charge in [0.15, 0.2) is 0 Å². The number of carbonyl (C=O) groups excluding carboxylic acids is 3. The number of nitrogens with one attached hydrogen (secondary N) is 3. The normalized spacial score (nSPS) is 11.9. The molecular formula is C37H33N3O3S. The number of benzene rings is 5. The molecule has 0 aliphatic carbocycles. The van der Waals surface area contributed by atoms with Crippen LogP contribution in [0.4, 0.5) is 11.4 Å². The number of hydrogen-bond donors (Lipinski definition) is 3. The van der Waals surface area contributed by atoms with Gasteiger partial charge in [-0.25, -0.2) is 0 Å². The summed E-state index contributed by atoms with van der Waals surface area (Å²) in [5.41, 5.74) is 3.73. The van der Waals surface area contributed by atoms with E-state index in [0.717, 1.165) is 32.5 Å². The van der Waals surface area contributed by atoms with Crippen molar-refractivity contribution in [2.75, 3.05) is 10.6 Å². The summed E-state index contributed by atoms with van der Waals surface area (Å²) in [4.78, 5) is 40.5. The summed E-state index contributed by atoms with van der Waals surface area (Å²) in [6, 6.07) is 37.7. The third kappa shape index (κ3) is 8.02. The Labute approximate surface area is 261 Å².